The number of hydrogen-bond donors (Lipinski definition) is 1. The minimum Gasteiger partial charge on any atom is -0.378 e. The van der Waals surface area contributed by atoms with E-state index in [4.69, 9.17) is 4.74 Å². The predicted octanol–water partition coefficient (Wildman–Crippen LogP) is 2.76. The molecule has 0 saturated heterocycles. The van der Waals surface area contributed by atoms with Crippen molar-refractivity contribution in [2.45, 2.75) is 65.8 Å². The van der Waals surface area contributed by atoms with Crippen LogP contribution in [0.1, 0.15) is 52.6 Å². The zero-order chi connectivity index (χ0) is 14.0. The summed E-state index contributed by atoms with van der Waals surface area (Å²) < 4.78 is 7.75. The SMILES string of the molecule is CCOC1CC(NC(C)c2cnn(CC)c2)C1(C)C. The summed E-state index contributed by atoms with van der Waals surface area (Å²) in [5, 5.41) is 8.05. The van der Waals surface area contributed by atoms with Gasteiger partial charge in [-0.3, -0.25) is 4.68 Å². The van der Waals surface area contributed by atoms with Crippen molar-refractivity contribution in [1.29, 1.82) is 0 Å². The fraction of sp³-hybridized carbons (Fsp3) is 0.800. The van der Waals surface area contributed by atoms with Crippen LogP contribution in [0.4, 0.5) is 0 Å². The van der Waals surface area contributed by atoms with Crippen LogP contribution >= 0.6 is 0 Å². The number of nitrogens with one attached hydrogen (secondary N) is 1. The Morgan fingerprint density at radius 1 is 1.53 bits per heavy atom. The van der Waals surface area contributed by atoms with Crippen LogP contribution in [0.15, 0.2) is 12.4 Å². The number of nitrogens with zero attached hydrogens (tertiary/aromatic N) is 2. The van der Waals surface area contributed by atoms with Gasteiger partial charge >= 0.3 is 0 Å². The zero-order valence-corrected chi connectivity index (χ0v) is 12.8. The summed E-state index contributed by atoms with van der Waals surface area (Å²) in [6.07, 6.45) is 5.59. The highest BCUT2D eigenvalue weighted by Crippen LogP contribution is 2.43. The molecule has 0 spiro atoms. The molecule has 0 amide bonds. The van der Waals surface area contributed by atoms with Crippen molar-refractivity contribution < 1.29 is 4.74 Å². The summed E-state index contributed by atoms with van der Waals surface area (Å²) in [7, 11) is 0. The fourth-order valence-electron chi connectivity index (χ4n) is 2.83. The van der Waals surface area contributed by atoms with Gasteiger partial charge in [0.1, 0.15) is 0 Å². The Kier molecular flexibility index (Phi) is 4.31. The van der Waals surface area contributed by atoms with E-state index in [0.717, 1.165) is 19.6 Å². The molecule has 1 heterocycles. The minimum absolute atomic E-state index is 0.213. The molecule has 1 N–H and O–H groups in total. The summed E-state index contributed by atoms with van der Waals surface area (Å²) in [5.41, 5.74) is 1.47. The van der Waals surface area contributed by atoms with Gasteiger partial charge < -0.3 is 10.1 Å². The molecule has 3 unspecified atom stereocenters. The maximum absolute atomic E-state index is 5.78. The van der Waals surface area contributed by atoms with Gasteiger partial charge in [0.25, 0.3) is 0 Å². The first-order valence-corrected chi connectivity index (χ1v) is 7.39. The molecular formula is C15H27N3O. The van der Waals surface area contributed by atoms with Gasteiger partial charge in [0.15, 0.2) is 0 Å². The highest BCUT2D eigenvalue weighted by molar-refractivity contribution is 5.12. The molecule has 1 saturated carbocycles. The van der Waals surface area contributed by atoms with Gasteiger partial charge in [-0.2, -0.15) is 5.10 Å². The van der Waals surface area contributed by atoms with Crippen molar-refractivity contribution in [2.24, 2.45) is 5.41 Å². The van der Waals surface area contributed by atoms with Crippen LogP contribution in [0.2, 0.25) is 0 Å². The van der Waals surface area contributed by atoms with Crippen molar-refractivity contribution in [3.05, 3.63) is 18.0 Å². The van der Waals surface area contributed by atoms with E-state index in [9.17, 15) is 0 Å². The summed E-state index contributed by atoms with van der Waals surface area (Å²) in [4.78, 5) is 0. The Morgan fingerprint density at radius 3 is 2.79 bits per heavy atom. The lowest BCUT2D eigenvalue weighted by Crippen LogP contribution is -2.61. The van der Waals surface area contributed by atoms with E-state index in [0.29, 0.717) is 18.2 Å². The maximum atomic E-state index is 5.78. The summed E-state index contributed by atoms with van der Waals surface area (Å²) in [5.74, 6) is 0. The molecule has 19 heavy (non-hydrogen) atoms. The molecule has 1 aliphatic carbocycles. The van der Waals surface area contributed by atoms with Crippen molar-refractivity contribution >= 4 is 0 Å². The van der Waals surface area contributed by atoms with Crippen LogP contribution in [0, 0.1) is 5.41 Å². The third-order valence-electron chi connectivity index (χ3n) is 4.47. The van der Waals surface area contributed by atoms with Crippen LogP contribution in [0.5, 0.6) is 0 Å². The van der Waals surface area contributed by atoms with Gasteiger partial charge in [-0.1, -0.05) is 13.8 Å². The highest BCUT2D eigenvalue weighted by Gasteiger charge is 2.49. The van der Waals surface area contributed by atoms with Crippen LogP contribution in [-0.4, -0.2) is 28.5 Å². The molecule has 1 aliphatic rings. The predicted molar refractivity (Wildman–Crippen MR) is 77.1 cm³/mol. The molecule has 4 heteroatoms. The summed E-state index contributed by atoms with van der Waals surface area (Å²) in [6.45, 7) is 12.7. The van der Waals surface area contributed by atoms with Crippen LogP contribution in [0.25, 0.3) is 0 Å². The lowest BCUT2D eigenvalue weighted by atomic mass is 9.64. The van der Waals surface area contributed by atoms with Crippen LogP contribution < -0.4 is 5.32 Å². The number of aromatic nitrogens is 2. The quantitative estimate of drug-likeness (QED) is 0.859. The number of ether oxygens (including phenoxy) is 1. The Morgan fingerprint density at radius 2 is 2.26 bits per heavy atom. The summed E-state index contributed by atoms with van der Waals surface area (Å²) >= 11 is 0. The second-order valence-electron chi connectivity index (χ2n) is 6.07. The minimum atomic E-state index is 0.213. The van der Waals surface area contributed by atoms with E-state index >= 15 is 0 Å². The summed E-state index contributed by atoms with van der Waals surface area (Å²) in [6, 6.07) is 0.858. The number of rotatable bonds is 6. The Labute approximate surface area is 116 Å². The average molecular weight is 265 g/mol. The van der Waals surface area contributed by atoms with E-state index in [2.05, 4.69) is 51.2 Å². The molecule has 3 atom stereocenters. The topological polar surface area (TPSA) is 39.1 Å². The third kappa shape index (κ3) is 2.84. The third-order valence-corrected chi connectivity index (χ3v) is 4.47. The second-order valence-corrected chi connectivity index (χ2v) is 6.07. The smallest absolute Gasteiger partial charge is 0.0655 e. The van der Waals surface area contributed by atoms with Crippen molar-refractivity contribution in [3.63, 3.8) is 0 Å². The van der Waals surface area contributed by atoms with Crippen LogP contribution in [0.3, 0.4) is 0 Å². The molecule has 1 aromatic heterocycles. The molecule has 0 aliphatic heterocycles. The normalized spacial score (nSPS) is 27.0. The average Bonchev–Trinajstić information content (AvgIpc) is 2.86. The van der Waals surface area contributed by atoms with Gasteiger partial charge in [0.2, 0.25) is 0 Å². The van der Waals surface area contributed by atoms with Crippen molar-refractivity contribution in [1.82, 2.24) is 15.1 Å². The molecule has 0 radical (unpaired) electrons. The fourth-order valence-corrected chi connectivity index (χ4v) is 2.83. The van der Waals surface area contributed by atoms with Gasteiger partial charge in [0.05, 0.1) is 12.3 Å². The van der Waals surface area contributed by atoms with Crippen molar-refractivity contribution in [3.8, 4) is 0 Å². The molecule has 1 fully saturated rings. The highest BCUT2D eigenvalue weighted by atomic mass is 16.5. The molecule has 108 valence electrons. The molecule has 0 bridgehead atoms. The molecule has 1 aromatic rings. The standard InChI is InChI=1S/C15H27N3O/c1-6-18-10-12(9-16-18)11(3)17-13-8-14(19-7-2)15(13,4)5/h9-11,13-14,17H,6-8H2,1-5H3. The molecule has 0 aromatic carbocycles. The largest absolute Gasteiger partial charge is 0.378 e. The first-order chi connectivity index (χ1) is 8.98. The zero-order valence-electron chi connectivity index (χ0n) is 12.8. The number of hydrogen-bond acceptors (Lipinski definition) is 3. The van der Waals surface area contributed by atoms with Gasteiger partial charge in [-0.15, -0.1) is 0 Å². The second kappa shape index (κ2) is 5.63. The van der Waals surface area contributed by atoms with Gasteiger partial charge in [-0.25, -0.2) is 0 Å². The van der Waals surface area contributed by atoms with Crippen molar-refractivity contribution in [2.75, 3.05) is 6.61 Å². The first-order valence-electron chi connectivity index (χ1n) is 7.39. The van der Waals surface area contributed by atoms with E-state index in [1.807, 2.05) is 10.9 Å². The molecule has 2 rings (SSSR count). The molecule has 4 nitrogen and oxygen atoms in total. The Balaban J connectivity index is 1.91. The first kappa shape index (κ1) is 14.5. The van der Waals surface area contributed by atoms with E-state index < -0.39 is 0 Å². The Hall–Kier alpha value is -0.870. The molecular weight excluding hydrogens is 238 g/mol. The van der Waals surface area contributed by atoms with E-state index in [1.165, 1.54) is 5.56 Å². The van der Waals surface area contributed by atoms with Crippen LogP contribution in [-0.2, 0) is 11.3 Å². The van der Waals surface area contributed by atoms with Gasteiger partial charge in [-0.05, 0) is 27.2 Å². The lowest BCUT2D eigenvalue weighted by Gasteiger charge is -2.52. The van der Waals surface area contributed by atoms with Gasteiger partial charge in [0, 0.05) is 42.4 Å². The monoisotopic (exact) mass is 265 g/mol. The lowest BCUT2D eigenvalue weighted by molar-refractivity contribution is -0.116. The number of aryl methyl sites for hydroxylation is 1. The maximum Gasteiger partial charge on any atom is 0.0655 e. The Bertz CT molecular complexity index is 413. The van der Waals surface area contributed by atoms with E-state index in [1.54, 1.807) is 0 Å². The van der Waals surface area contributed by atoms with E-state index in [-0.39, 0.29) is 5.41 Å².